The minimum absolute atomic E-state index is 0.00443. The lowest BCUT2D eigenvalue weighted by Gasteiger charge is -2.03. The third-order valence-corrected chi connectivity index (χ3v) is 3.96. The quantitative estimate of drug-likeness (QED) is 0.771. The average molecular weight is 267 g/mol. The van der Waals surface area contributed by atoms with Gasteiger partial charge < -0.3 is 4.98 Å². The van der Waals surface area contributed by atoms with Crippen molar-refractivity contribution in [2.75, 3.05) is 0 Å². The van der Waals surface area contributed by atoms with Gasteiger partial charge in [0.05, 0.1) is 4.88 Å². The highest BCUT2D eigenvalue weighted by atomic mass is 32.1. The van der Waals surface area contributed by atoms with Crippen molar-refractivity contribution in [3.05, 3.63) is 81.6 Å². The first kappa shape index (κ1) is 11.9. The van der Waals surface area contributed by atoms with Gasteiger partial charge in [0, 0.05) is 12.1 Å². The zero-order valence-corrected chi connectivity index (χ0v) is 11.1. The smallest absolute Gasteiger partial charge is 0.305 e. The van der Waals surface area contributed by atoms with E-state index in [9.17, 15) is 4.79 Å². The molecule has 0 bridgehead atoms. The largest absolute Gasteiger partial charge is 0.316 e. The van der Waals surface area contributed by atoms with Crippen molar-refractivity contribution in [1.82, 2.24) is 4.98 Å². The molecule has 3 rings (SSSR count). The van der Waals surface area contributed by atoms with Crippen LogP contribution in [-0.2, 0) is 6.42 Å². The third-order valence-electron chi connectivity index (χ3n) is 2.98. The molecule has 0 spiro atoms. The zero-order valence-electron chi connectivity index (χ0n) is 10.3. The molecular formula is C16H13NOS. The summed E-state index contributed by atoms with van der Waals surface area (Å²) in [6.45, 7) is 0. The first-order valence-corrected chi connectivity index (χ1v) is 6.96. The predicted octanol–water partition coefficient (Wildman–Crippen LogP) is 3.69. The van der Waals surface area contributed by atoms with Crippen LogP contribution in [0.5, 0.6) is 0 Å². The van der Waals surface area contributed by atoms with Crippen molar-refractivity contribution in [2.24, 2.45) is 0 Å². The number of benzene rings is 2. The summed E-state index contributed by atoms with van der Waals surface area (Å²) in [6.07, 6.45) is 0.754. The van der Waals surface area contributed by atoms with Crippen LogP contribution in [0.2, 0.25) is 0 Å². The highest BCUT2D eigenvalue weighted by Gasteiger charge is 2.10. The number of hydrogen-bond donors (Lipinski definition) is 1. The summed E-state index contributed by atoms with van der Waals surface area (Å²) in [5.74, 6) is 0. The second-order valence-corrected chi connectivity index (χ2v) is 5.33. The molecule has 3 aromatic rings. The minimum Gasteiger partial charge on any atom is -0.316 e. The van der Waals surface area contributed by atoms with E-state index in [1.54, 1.807) is 0 Å². The Morgan fingerprint density at radius 3 is 2.21 bits per heavy atom. The normalized spacial score (nSPS) is 10.5. The first-order chi connectivity index (χ1) is 9.33. The predicted molar refractivity (Wildman–Crippen MR) is 79.6 cm³/mol. The molecule has 19 heavy (non-hydrogen) atoms. The summed E-state index contributed by atoms with van der Waals surface area (Å²) >= 11 is 1.28. The molecule has 2 aromatic carbocycles. The Bertz CT molecular complexity index is 713. The number of thiazole rings is 1. The number of aromatic nitrogens is 1. The second-order valence-electron chi connectivity index (χ2n) is 4.35. The maximum absolute atomic E-state index is 11.6. The van der Waals surface area contributed by atoms with Crippen molar-refractivity contribution in [1.29, 1.82) is 0 Å². The van der Waals surface area contributed by atoms with Gasteiger partial charge in [-0.15, -0.1) is 0 Å². The van der Waals surface area contributed by atoms with Crippen LogP contribution in [0.15, 0.2) is 65.5 Å². The van der Waals surface area contributed by atoms with Gasteiger partial charge in [0.15, 0.2) is 0 Å². The SMILES string of the molecule is O=c1[nH]c(Cc2ccccc2)c(-c2ccccc2)s1. The first-order valence-electron chi connectivity index (χ1n) is 6.14. The van der Waals surface area contributed by atoms with E-state index in [0.29, 0.717) is 0 Å². The fourth-order valence-electron chi connectivity index (χ4n) is 2.11. The lowest BCUT2D eigenvalue weighted by molar-refractivity contribution is 1.09. The Kier molecular flexibility index (Phi) is 3.29. The van der Waals surface area contributed by atoms with Crippen LogP contribution in [0.4, 0.5) is 0 Å². The summed E-state index contributed by atoms with van der Waals surface area (Å²) in [7, 11) is 0. The van der Waals surface area contributed by atoms with Gasteiger partial charge in [0.2, 0.25) is 0 Å². The average Bonchev–Trinajstić information content (AvgIpc) is 2.82. The number of rotatable bonds is 3. The fourth-order valence-corrected chi connectivity index (χ4v) is 2.97. The monoisotopic (exact) mass is 267 g/mol. The van der Waals surface area contributed by atoms with Crippen molar-refractivity contribution >= 4 is 11.3 Å². The highest BCUT2D eigenvalue weighted by Crippen LogP contribution is 2.26. The van der Waals surface area contributed by atoms with E-state index in [0.717, 1.165) is 22.6 Å². The van der Waals surface area contributed by atoms with E-state index >= 15 is 0 Å². The topological polar surface area (TPSA) is 32.9 Å². The molecule has 0 saturated heterocycles. The van der Waals surface area contributed by atoms with E-state index in [4.69, 9.17) is 0 Å². The molecule has 1 heterocycles. The Morgan fingerprint density at radius 1 is 0.895 bits per heavy atom. The molecule has 0 aliphatic rings. The second kappa shape index (κ2) is 5.24. The Labute approximate surface area is 115 Å². The molecule has 2 nitrogen and oxygen atoms in total. The molecule has 0 aliphatic carbocycles. The molecule has 0 unspecified atom stereocenters. The van der Waals surface area contributed by atoms with E-state index in [-0.39, 0.29) is 4.87 Å². The molecule has 3 heteroatoms. The van der Waals surface area contributed by atoms with E-state index in [2.05, 4.69) is 17.1 Å². The van der Waals surface area contributed by atoms with Gasteiger partial charge in [-0.2, -0.15) is 0 Å². The van der Waals surface area contributed by atoms with E-state index in [1.807, 2.05) is 48.5 Å². The Balaban J connectivity index is 2.01. The van der Waals surface area contributed by atoms with Crippen LogP contribution in [0.3, 0.4) is 0 Å². The van der Waals surface area contributed by atoms with Crippen LogP contribution in [0.25, 0.3) is 10.4 Å². The third kappa shape index (κ3) is 2.66. The number of hydrogen-bond acceptors (Lipinski definition) is 2. The Hall–Kier alpha value is -2.13. The standard InChI is InChI=1S/C16H13NOS/c18-16-17-14(11-12-7-3-1-4-8-12)15(19-16)13-9-5-2-6-10-13/h1-10H,11H2,(H,17,18). The maximum Gasteiger partial charge on any atom is 0.305 e. The van der Waals surface area contributed by atoms with Crippen LogP contribution in [0.1, 0.15) is 11.3 Å². The lowest BCUT2D eigenvalue weighted by atomic mass is 10.1. The van der Waals surface area contributed by atoms with Crippen LogP contribution in [0, 0.1) is 0 Å². The molecule has 0 aliphatic heterocycles. The molecule has 0 amide bonds. The summed E-state index contributed by atoms with van der Waals surface area (Å²) in [6, 6.07) is 20.2. The molecule has 0 atom stereocenters. The fraction of sp³-hybridized carbons (Fsp3) is 0.0625. The highest BCUT2D eigenvalue weighted by molar-refractivity contribution is 7.13. The number of aromatic amines is 1. The van der Waals surface area contributed by atoms with Crippen LogP contribution < -0.4 is 4.87 Å². The summed E-state index contributed by atoms with van der Waals surface area (Å²) in [4.78, 5) is 15.6. The van der Waals surface area contributed by atoms with E-state index in [1.165, 1.54) is 16.9 Å². The van der Waals surface area contributed by atoms with Crippen molar-refractivity contribution < 1.29 is 0 Å². The van der Waals surface area contributed by atoms with Gasteiger partial charge in [-0.1, -0.05) is 72.0 Å². The molecule has 1 N–H and O–H groups in total. The van der Waals surface area contributed by atoms with Crippen molar-refractivity contribution in [2.45, 2.75) is 6.42 Å². The van der Waals surface area contributed by atoms with Crippen LogP contribution >= 0.6 is 11.3 Å². The summed E-state index contributed by atoms with van der Waals surface area (Å²) in [5.41, 5.74) is 3.29. The van der Waals surface area contributed by atoms with E-state index < -0.39 is 0 Å². The molecule has 0 saturated carbocycles. The molecule has 1 aromatic heterocycles. The number of H-pyrrole nitrogens is 1. The van der Waals surface area contributed by atoms with Crippen LogP contribution in [-0.4, -0.2) is 4.98 Å². The van der Waals surface area contributed by atoms with Gasteiger partial charge in [0.25, 0.3) is 0 Å². The van der Waals surface area contributed by atoms with Gasteiger partial charge >= 0.3 is 4.87 Å². The van der Waals surface area contributed by atoms with Gasteiger partial charge in [-0.25, -0.2) is 0 Å². The summed E-state index contributed by atoms with van der Waals surface area (Å²) < 4.78 is 0. The molecular weight excluding hydrogens is 254 g/mol. The van der Waals surface area contributed by atoms with Crippen molar-refractivity contribution in [3.63, 3.8) is 0 Å². The van der Waals surface area contributed by atoms with Crippen molar-refractivity contribution in [3.8, 4) is 10.4 Å². The minimum atomic E-state index is 0.00443. The van der Waals surface area contributed by atoms with Gasteiger partial charge in [-0.05, 0) is 11.1 Å². The number of nitrogens with one attached hydrogen (secondary N) is 1. The lowest BCUT2D eigenvalue weighted by Crippen LogP contribution is -1.96. The summed E-state index contributed by atoms with van der Waals surface area (Å²) in [5, 5.41) is 0. The molecule has 0 radical (unpaired) electrons. The molecule has 94 valence electrons. The van der Waals surface area contributed by atoms with Gasteiger partial charge in [0.1, 0.15) is 0 Å². The maximum atomic E-state index is 11.6. The Morgan fingerprint density at radius 2 is 1.53 bits per heavy atom. The molecule has 0 fully saturated rings. The zero-order chi connectivity index (χ0) is 13.1. The van der Waals surface area contributed by atoms with Gasteiger partial charge in [-0.3, -0.25) is 4.79 Å².